The van der Waals surface area contributed by atoms with E-state index in [4.69, 9.17) is 17.3 Å². The van der Waals surface area contributed by atoms with Crippen molar-refractivity contribution in [1.29, 1.82) is 0 Å². The summed E-state index contributed by atoms with van der Waals surface area (Å²) in [4.78, 5) is 15.5. The number of hydrogen-bond donors (Lipinski definition) is 2. The number of nitrogens with two attached hydrogens (primary N) is 1. The van der Waals surface area contributed by atoms with Crippen LogP contribution in [0.25, 0.3) is 22.6 Å². The number of H-pyrrole nitrogens is 1. The number of imidazole rings is 1. The minimum absolute atomic E-state index is 0.373. The number of halogens is 1. The van der Waals surface area contributed by atoms with E-state index < -0.39 is 0 Å². The maximum Gasteiger partial charge on any atom is 0.198 e. The second-order valence-corrected chi connectivity index (χ2v) is 4.61. The fourth-order valence-electron chi connectivity index (χ4n) is 2.05. The smallest absolute Gasteiger partial charge is 0.198 e. The lowest BCUT2D eigenvalue weighted by molar-refractivity contribution is 1.06. The van der Waals surface area contributed by atoms with Crippen molar-refractivity contribution in [3.63, 3.8) is 0 Å². The molecule has 3 N–H and O–H groups in total. The molecule has 0 bridgehead atoms. The second kappa shape index (κ2) is 5.40. The van der Waals surface area contributed by atoms with Gasteiger partial charge >= 0.3 is 0 Å². The number of benzene rings is 1. The van der Waals surface area contributed by atoms with Crippen molar-refractivity contribution in [2.45, 2.75) is 6.54 Å². The fourth-order valence-corrected chi connectivity index (χ4v) is 2.24. The molecule has 3 aromatic rings. The highest BCUT2D eigenvalue weighted by Crippen LogP contribution is 2.31. The zero-order valence-corrected chi connectivity index (χ0v) is 11.2. The topological polar surface area (TPSA) is 80.5 Å². The molecule has 20 heavy (non-hydrogen) atoms. The number of aromatic amines is 1. The van der Waals surface area contributed by atoms with Crippen LogP contribution in [0, 0.1) is 6.33 Å². The fraction of sp³-hybridized carbons (Fsp3) is 0.0714. The van der Waals surface area contributed by atoms with E-state index in [1.807, 2.05) is 18.2 Å². The number of hydrogen-bond acceptors (Lipinski definition) is 4. The van der Waals surface area contributed by atoms with Gasteiger partial charge in [0.15, 0.2) is 6.33 Å². The van der Waals surface area contributed by atoms with Gasteiger partial charge in [0.25, 0.3) is 0 Å². The average molecular weight is 285 g/mol. The summed E-state index contributed by atoms with van der Waals surface area (Å²) >= 11 is 6.01. The normalized spacial score (nSPS) is 10.7. The Balaban J connectivity index is 2.21. The Labute approximate surface area is 120 Å². The van der Waals surface area contributed by atoms with Crippen molar-refractivity contribution in [2.75, 3.05) is 0 Å². The first-order valence-corrected chi connectivity index (χ1v) is 6.39. The van der Waals surface area contributed by atoms with Crippen LogP contribution >= 0.6 is 11.6 Å². The third kappa shape index (κ3) is 2.29. The van der Waals surface area contributed by atoms with Crippen molar-refractivity contribution in [3.05, 3.63) is 53.7 Å². The van der Waals surface area contributed by atoms with E-state index in [0.717, 1.165) is 22.4 Å². The Morgan fingerprint density at radius 1 is 1.30 bits per heavy atom. The lowest BCUT2D eigenvalue weighted by atomic mass is 10.0. The molecule has 1 radical (unpaired) electrons. The summed E-state index contributed by atoms with van der Waals surface area (Å²) < 4.78 is 0. The molecule has 3 rings (SSSR count). The van der Waals surface area contributed by atoms with Crippen molar-refractivity contribution < 1.29 is 0 Å². The number of aromatic nitrogens is 4. The summed E-state index contributed by atoms with van der Waals surface area (Å²) in [7, 11) is 0. The zero-order chi connectivity index (χ0) is 13.9. The summed E-state index contributed by atoms with van der Waals surface area (Å²) in [5.74, 6) is 0.701. The molecule has 0 aliphatic rings. The summed E-state index contributed by atoms with van der Waals surface area (Å²) in [5.41, 5.74) is 9.13. The first-order valence-electron chi connectivity index (χ1n) is 6.01. The van der Waals surface area contributed by atoms with Crippen LogP contribution in [0.1, 0.15) is 5.56 Å². The molecule has 0 fully saturated rings. The molecule has 0 aliphatic heterocycles. The first kappa shape index (κ1) is 12.8. The summed E-state index contributed by atoms with van der Waals surface area (Å²) in [6.45, 7) is 0.373. The Morgan fingerprint density at radius 3 is 2.95 bits per heavy atom. The van der Waals surface area contributed by atoms with Gasteiger partial charge in [0.2, 0.25) is 0 Å². The quantitative estimate of drug-likeness (QED) is 0.774. The molecule has 1 aromatic carbocycles. The third-order valence-corrected chi connectivity index (χ3v) is 3.20. The molecule has 5 nitrogen and oxygen atoms in total. The predicted molar refractivity (Wildman–Crippen MR) is 76.8 cm³/mol. The minimum atomic E-state index is 0.373. The van der Waals surface area contributed by atoms with Gasteiger partial charge in [-0.05, 0) is 17.7 Å². The molecule has 2 aromatic heterocycles. The number of nitrogens with zero attached hydrogens (tertiary/aromatic N) is 3. The predicted octanol–water partition coefficient (Wildman–Crippen LogP) is 2.45. The SMILES string of the molecule is NCc1cc(Cl)ccc1-c1n[c]ncc1-c1ncc[nH]1. The van der Waals surface area contributed by atoms with E-state index in [2.05, 4.69) is 26.3 Å². The zero-order valence-electron chi connectivity index (χ0n) is 10.5. The van der Waals surface area contributed by atoms with Crippen molar-refractivity contribution in [1.82, 2.24) is 19.9 Å². The molecule has 0 amide bonds. The van der Waals surface area contributed by atoms with Crippen LogP contribution in [0.3, 0.4) is 0 Å². The van der Waals surface area contributed by atoms with E-state index in [0.29, 0.717) is 17.4 Å². The second-order valence-electron chi connectivity index (χ2n) is 4.18. The molecule has 0 aliphatic carbocycles. The van der Waals surface area contributed by atoms with Gasteiger partial charge in [0.1, 0.15) is 5.82 Å². The maximum absolute atomic E-state index is 6.01. The van der Waals surface area contributed by atoms with Crippen LogP contribution in [0.2, 0.25) is 5.02 Å². The molecule has 0 saturated carbocycles. The highest BCUT2D eigenvalue weighted by Gasteiger charge is 2.14. The van der Waals surface area contributed by atoms with Crippen LogP contribution in [-0.2, 0) is 6.54 Å². The van der Waals surface area contributed by atoms with Crippen molar-refractivity contribution >= 4 is 11.6 Å². The minimum Gasteiger partial charge on any atom is -0.345 e. The average Bonchev–Trinajstić information content (AvgIpc) is 3.01. The lowest BCUT2D eigenvalue weighted by Gasteiger charge is -2.10. The first-order chi connectivity index (χ1) is 9.79. The highest BCUT2D eigenvalue weighted by molar-refractivity contribution is 6.30. The highest BCUT2D eigenvalue weighted by atomic mass is 35.5. The van der Waals surface area contributed by atoms with Crippen molar-refractivity contribution in [3.8, 4) is 22.6 Å². The Morgan fingerprint density at radius 2 is 2.20 bits per heavy atom. The van der Waals surface area contributed by atoms with E-state index >= 15 is 0 Å². The molecule has 6 heteroatoms. The van der Waals surface area contributed by atoms with Gasteiger partial charge in [-0.2, -0.15) is 0 Å². The van der Waals surface area contributed by atoms with Gasteiger partial charge in [0, 0.05) is 35.7 Å². The molecule has 0 saturated heterocycles. The van der Waals surface area contributed by atoms with E-state index in [1.54, 1.807) is 18.6 Å². The van der Waals surface area contributed by atoms with E-state index in [1.165, 1.54) is 0 Å². The van der Waals surface area contributed by atoms with E-state index in [9.17, 15) is 0 Å². The van der Waals surface area contributed by atoms with Crippen LogP contribution in [0.5, 0.6) is 0 Å². The summed E-state index contributed by atoms with van der Waals surface area (Å²) in [6, 6.07) is 5.54. The standard InChI is InChI=1S/C14H11ClN5/c15-10-1-2-11(9(5-10)6-16)13-12(7-17-8-20-13)14-18-3-4-19-14/h1-5,7H,6,16H2,(H,18,19). The largest absolute Gasteiger partial charge is 0.345 e. The Bertz CT molecular complexity index is 724. The van der Waals surface area contributed by atoms with Gasteiger partial charge in [-0.25, -0.2) is 15.0 Å². The van der Waals surface area contributed by atoms with Gasteiger partial charge in [-0.15, -0.1) is 0 Å². The summed E-state index contributed by atoms with van der Waals surface area (Å²) in [5, 5.41) is 0.645. The maximum atomic E-state index is 6.01. The molecule has 0 spiro atoms. The monoisotopic (exact) mass is 284 g/mol. The van der Waals surface area contributed by atoms with Crippen molar-refractivity contribution in [2.24, 2.45) is 5.73 Å². The molecule has 0 atom stereocenters. The van der Waals surface area contributed by atoms with E-state index in [-0.39, 0.29) is 0 Å². The number of rotatable bonds is 3. The Hall–Kier alpha value is -2.24. The lowest BCUT2D eigenvalue weighted by Crippen LogP contribution is -2.01. The van der Waals surface area contributed by atoms with Gasteiger partial charge < -0.3 is 10.7 Å². The van der Waals surface area contributed by atoms with Crippen LogP contribution < -0.4 is 5.73 Å². The van der Waals surface area contributed by atoms with Crippen LogP contribution in [0.15, 0.2) is 36.8 Å². The third-order valence-electron chi connectivity index (χ3n) is 2.96. The van der Waals surface area contributed by atoms with Gasteiger partial charge in [0.05, 0.1) is 11.3 Å². The molecular formula is C14H11ClN5. The molecule has 0 unspecified atom stereocenters. The van der Waals surface area contributed by atoms with Crippen LogP contribution in [-0.4, -0.2) is 19.9 Å². The molecule has 99 valence electrons. The summed E-state index contributed by atoms with van der Waals surface area (Å²) in [6.07, 6.45) is 7.72. The molecular weight excluding hydrogens is 274 g/mol. The Kier molecular flexibility index (Phi) is 3.45. The molecule has 2 heterocycles. The van der Waals surface area contributed by atoms with Crippen LogP contribution in [0.4, 0.5) is 0 Å². The van der Waals surface area contributed by atoms with Gasteiger partial charge in [-0.1, -0.05) is 17.7 Å². The number of nitrogens with one attached hydrogen (secondary N) is 1. The van der Waals surface area contributed by atoms with Gasteiger partial charge in [-0.3, -0.25) is 0 Å².